The van der Waals surface area contributed by atoms with Crippen LogP contribution in [-0.2, 0) is 0 Å². The summed E-state index contributed by atoms with van der Waals surface area (Å²) < 4.78 is 0. The smallest absolute Gasteiger partial charge is 0.319 e. The number of H-pyrrole nitrogens is 1. The lowest BCUT2D eigenvalue weighted by atomic mass is 9.75. The van der Waals surface area contributed by atoms with E-state index in [1.165, 1.54) is 6.07 Å². The van der Waals surface area contributed by atoms with Crippen LogP contribution in [0.25, 0.3) is 0 Å². The Balaban J connectivity index is 1.80. The number of likely N-dealkylation sites (tertiary alicyclic amines) is 1. The van der Waals surface area contributed by atoms with E-state index < -0.39 is 5.60 Å². The highest BCUT2D eigenvalue weighted by Gasteiger charge is 2.46. The summed E-state index contributed by atoms with van der Waals surface area (Å²) in [6.45, 7) is 6.31. The lowest BCUT2D eigenvalue weighted by Crippen LogP contribution is -2.61. The number of fused-ring (bicyclic) bond motifs is 1. The van der Waals surface area contributed by atoms with E-state index in [4.69, 9.17) is 0 Å². The monoisotopic (exact) mass is 363 g/mol. The van der Waals surface area contributed by atoms with E-state index in [0.717, 1.165) is 0 Å². The normalized spacial score (nSPS) is 26.0. The van der Waals surface area contributed by atoms with Gasteiger partial charge in [-0.2, -0.15) is 0 Å². The summed E-state index contributed by atoms with van der Waals surface area (Å²) in [5, 5.41) is 11.0. The number of carbonyl (C=O) groups excluding carboxylic acids is 1. The predicted molar refractivity (Wildman–Crippen MR) is 99.5 cm³/mol. The molecule has 0 radical (unpaired) electrons. The first-order valence-electron chi connectivity index (χ1n) is 9.24. The average Bonchev–Trinajstić information content (AvgIpc) is 2.59. The number of urea groups is 1. The van der Waals surface area contributed by atoms with Crippen LogP contribution in [0.3, 0.4) is 0 Å². The lowest BCUT2D eigenvalue weighted by Gasteiger charge is -2.50. The highest BCUT2D eigenvalue weighted by Crippen LogP contribution is 2.36. The molecule has 26 heavy (non-hydrogen) atoms. The molecule has 0 aromatic carbocycles. The van der Waals surface area contributed by atoms with Gasteiger partial charge in [-0.05, 0) is 12.8 Å². The van der Waals surface area contributed by atoms with Crippen LogP contribution < -0.4 is 10.5 Å². The molecule has 1 aromatic heterocycles. The Labute approximate surface area is 153 Å². The Morgan fingerprint density at radius 1 is 1.35 bits per heavy atom. The molecule has 0 spiro atoms. The van der Waals surface area contributed by atoms with Crippen LogP contribution in [-0.4, -0.2) is 76.8 Å². The molecule has 3 heterocycles. The van der Waals surface area contributed by atoms with Crippen molar-refractivity contribution < 1.29 is 9.90 Å². The number of carbonyl (C=O) groups is 1. The number of piperidine rings is 2. The van der Waals surface area contributed by atoms with Crippen LogP contribution in [0.2, 0.25) is 0 Å². The van der Waals surface area contributed by atoms with E-state index in [0.29, 0.717) is 50.7 Å². The summed E-state index contributed by atoms with van der Waals surface area (Å²) in [6.07, 6.45) is 1.21. The number of amides is 2. The molecule has 2 amide bonds. The van der Waals surface area contributed by atoms with Gasteiger partial charge in [0.05, 0.1) is 5.60 Å². The molecular weight excluding hydrogens is 334 g/mol. The van der Waals surface area contributed by atoms with Gasteiger partial charge >= 0.3 is 6.03 Å². The molecule has 2 saturated heterocycles. The first kappa shape index (κ1) is 18.7. The standard InChI is InChI=1S/C18H29N5O3/c1-12(2)16-19-14(9-15(24)20-16)22-7-5-18(26)6-8-23(11-13(18)10-22)17(25)21(3)4/h9,12-13,26H,5-8,10-11H2,1-4H3,(H,19,20,24)/t13-,18-/m1/s1. The summed E-state index contributed by atoms with van der Waals surface area (Å²) in [5.41, 5.74) is -0.908. The molecule has 0 saturated carbocycles. The average molecular weight is 363 g/mol. The van der Waals surface area contributed by atoms with Gasteiger partial charge in [0.2, 0.25) is 0 Å². The zero-order valence-corrected chi connectivity index (χ0v) is 16.0. The molecule has 2 N–H and O–H groups in total. The van der Waals surface area contributed by atoms with Crippen LogP contribution in [0.5, 0.6) is 0 Å². The maximum absolute atomic E-state index is 12.3. The number of aromatic amines is 1. The minimum Gasteiger partial charge on any atom is -0.389 e. The van der Waals surface area contributed by atoms with E-state index >= 15 is 0 Å². The summed E-state index contributed by atoms with van der Waals surface area (Å²) in [5.74, 6) is 1.39. The zero-order chi connectivity index (χ0) is 19.1. The van der Waals surface area contributed by atoms with Crippen molar-refractivity contribution in [2.45, 2.75) is 38.2 Å². The topological polar surface area (TPSA) is 92.8 Å². The van der Waals surface area contributed by atoms with E-state index in [1.807, 2.05) is 13.8 Å². The van der Waals surface area contributed by atoms with E-state index in [-0.39, 0.29) is 23.4 Å². The highest BCUT2D eigenvalue weighted by atomic mass is 16.3. The molecule has 2 fully saturated rings. The second-order valence-corrected chi connectivity index (χ2v) is 8.01. The highest BCUT2D eigenvalue weighted by molar-refractivity contribution is 5.74. The van der Waals surface area contributed by atoms with Gasteiger partial charge in [-0.3, -0.25) is 4.79 Å². The molecule has 2 aliphatic rings. The quantitative estimate of drug-likeness (QED) is 0.812. The zero-order valence-electron chi connectivity index (χ0n) is 16.0. The molecule has 8 nitrogen and oxygen atoms in total. The van der Waals surface area contributed by atoms with Crippen molar-refractivity contribution in [3.8, 4) is 0 Å². The Morgan fingerprint density at radius 3 is 2.69 bits per heavy atom. The third kappa shape index (κ3) is 3.56. The second kappa shape index (κ2) is 6.90. The third-order valence-electron chi connectivity index (χ3n) is 5.54. The number of aliphatic hydroxyl groups is 1. The number of nitrogens with zero attached hydrogens (tertiary/aromatic N) is 4. The fraction of sp³-hybridized carbons (Fsp3) is 0.722. The van der Waals surface area contributed by atoms with Gasteiger partial charge in [-0.15, -0.1) is 0 Å². The van der Waals surface area contributed by atoms with E-state index in [1.54, 1.807) is 23.9 Å². The molecule has 0 aliphatic carbocycles. The van der Waals surface area contributed by atoms with Gasteiger partial charge < -0.3 is 24.8 Å². The van der Waals surface area contributed by atoms with Crippen molar-refractivity contribution in [1.29, 1.82) is 0 Å². The largest absolute Gasteiger partial charge is 0.389 e. The van der Waals surface area contributed by atoms with Crippen molar-refractivity contribution in [3.05, 3.63) is 22.2 Å². The Hall–Kier alpha value is -2.09. The van der Waals surface area contributed by atoms with Gasteiger partial charge in [0.25, 0.3) is 5.56 Å². The molecule has 0 bridgehead atoms. The molecule has 3 rings (SSSR count). The summed E-state index contributed by atoms with van der Waals surface area (Å²) >= 11 is 0. The Bertz CT molecular complexity index is 732. The maximum atomic E-state index is 12.3. The predicted octanol–water partition coefficient (Wildman–Crippen LogP) is 0.838. The molecule has 2 aliphatic heterocycles. The van der Waals surface area contributed by atoms with Crippen LogP contribution in [0.15, 0.2) is 10.9 Å². The van der Waals surface area contributed by atoms with Gasteiger partial charge in [0, 0.05) is 58.2 Å². The number of nitrogens with one attached hydrogen (secondary N) is 1. The third-order valence-corrected chi connectivity index (χ3v) is 5.54. The summed E-state index contributed by atoms with van der Waals surface area (Å²) in [7, 11) is 3.48. The summed E-state index contributed by atoms with van der Waals surface area (Å²) in [6, 6.07) is 1.49. The maximum Gasteiger partial charge on any atom is 0.319 e. The van der Waals surface area contributed by atoms with Crippen LogP contribution in [0.4, 0.5) is 10.6 Å². The van der Waals surface area contributed by atoms with Gasteiger partial charge in [-0.1, -0.05) is 13.8 Å². The first-order valence-corrected chi connectivity index (χ1v) is 9.24. The van der Waals surface area contributed by atoms with Crippen molar-refractivity contribution >= 4 is 11.8 Å². The molecular formula is C18H29N5O3. The first-order chi connectivity index (χ1) is 12.2. The van der Waals surface area contributed by atoms with Crippen LogP contribution in [0, 0.1) is 5.92 Å². The van der Waals surface area contributed by atoms with Crippen LogP contribution in [0.1, 0.15) is 38.4 Å². The Kier molecular flexibility index (Phi) is 4.96. The van der Waals surface area contributed by atoms with Gasteiger partial charge in [-0.25, -0.2) is 9.78 Å². The molecule has 0 unspecified atom stereocenters. The van der Waals surface area contributed by atoms with Crippen molar-refractivity contribution in [1.82, 2.24) is 19.8 Å². The fourth-order valence-electron chi connectivity index (χ4n) is 3.87. The SMILES string of the molecule is CC(C)c1nc(N2CC[C@@]3(O)CCN(C(=O)N(C)C)C[C@H]3C2)cc(=O)[nH]1. The molecule has 1 aromatic rings. The van der Waals surface area contributed by atoms with E-state index in [2.05, 4.69) is 14.9 Å². The number of hydrogen-bond donors (Lipinski definition) is 2. The number of rotatable bonds is 2. The van der Waals surface area contributed by atoms with Crippen molar-refractivity contribution in [2.75, 3.05) is 45.2 Å². The number of aromatic nitrogens is 2. The van der Waals surface area contributed by atoms with Gasteiger partial charge in [0.15, 0.2) is 0 Å². The van der Waals surface area contributed by atoms with Crippen molar-refractivity contribution in [2.24, 2.45) is 5.92 Å². The number of anilines is 1. The van der Waals surface area contributed by atoms with Crippen molar-refractivity contribution in [3.63, 3.8) is 0 Å². The molecule has 8 heteroatoms. The van der Waals surface area contributed by atoms with Gasteiger partial charge in [0.1, 0.15) is 11.6 Å². The molecule has 2 atom stereocenters. The minimum absolute atomic E-state index is 0.0273. The fourth-order valence-corrected chi connectivity index (χ4v) is 3.87. The second-order valence-electron chi connectivity index (χ2n) is 8.01. The molecule has 144 valence electrons. The van der Waals surface area contributed by atoms with Crippen LogP contribution >= 0.6 is 0 Å². The number of hydrogen-bond acceptors (Lipinski definition) is 5. The van der Waals surface area contributed by atoms with E-state index in [9.17, 15) is 14.7 Å². The minimum atomic E-state index is -0.748. The lowest BCUT2D eigenvalue weighted by molar-refractivity contribution is -0.0760. The summed E-state index contributed by atoms with van der Waals surface area (Å²) in [4.78, 5) is 37.1. The Morgan fingerprint density at radius 2 is 2.04 bits per heavy atom.